The van der Waals surface area contributed by atoms with Gasteiger partial charge in [0, 0.05) is 18.9 Å². The van der Waals surface area contributed by atoms with Crippen LogP contribution in [0.25, 0.3) is 0 Å². The van der Waals surface area contributed by atoms with Crippen molar-refractivity contribution in [2.24, 2.45) is 0 Å². The molecule has 1 heterocycles. The molecule has 2 unspecified atom stereocenters. The van der Waals surface area contributed by atoms with Crippen LogP contribution in [0.2, 0.25) is 0 Å². The van der Waals surface area contributed by atoms with Crippen LogP contribution in [0.5, 0.6) is 0 Å². The van der Waals surface area contributed by atoms with Crippen molar-refractivity contribution < 1.29 is 19.1 Å². The van der Waals surface area contributed by atoms with Gasteiger partial charge >= 0.3 is 5.97 Å². The molecule has 0 spiro atoms. The number of nitrogens with zero attached hydrogens (tertiary/aromatic N) is 1. The Morgan fingerprint density at radius 3 is 2.71 bits per heavy atom. The summed E-state index contributed by atoms with van der Waals surface area (Å²) in [6, 6.07) is -0.576. The SMILES string of the molecule is COC(=O)C1CCC(=O)N1C(C)CCC(C)=O. The van der Waals surface area contributed by atoms with Gasteiger partial charge < -0.3 is 14.4 Å². The molecule has 0 saturated carbocycles. The molecule has 5 nitrogen and oxygen atoms in total. The van der Waals surface area contributed by atoms with E-state index < -0.39 is 6.04 Å². The molecule has 0 aliphatic carbocycles. The molecule has 17 heavy (non-hydrogen) atoms. The van der Waals surface area contributed by atoms with E-state index in [1.807, 2.05) is 6.92 Å². The summed E-state index contributed by atoms with van der Waals surface area (Å²) in [6.07, 6.45) is 1.91. The number of likely N-dealkylation sites (tertiary alicyclic amines) is 1. The van der Waals surface area contributed by atoms with Crippen molar-refractivity contribution >= 4 is 17.7 Å². The minimum Gasteiger partial charge on any atom is -0.467 e. The summed E-state index contributed by atoms with van der Waals surface area (Å²) in [5, 5.41) is 0. The molecule has 1 fully saturated rings. The quantitative estimate of drug-likeness (QED) is 0.671. The maximum Gasteiger partial charge on any atom is 0.328 e. The van der Waals surface area contributed by atoms with Crippen LogP contribution < -0.4 is 0 Å². The lowest BCUT2D eigenvalue weighted by atomic mass is 10.1. The number of ether oxygens (including phenoxy) is 1. The highest BCUT2D eigenvalue weighted by molar-refractivity contribution is 5.88. The molecule has 5 heteroatoms. The van der Waals surface area contributed by atoms with Gasteiger partial charge in [-0.3, -0.25) is 4.79 Å². The molecule has 0 aromatic carbocycles. The van der Waals surface area contributed by atoms with Crippen molar-refractivity contribution in [1.29, 1.82) is 0 Å². The zero-order chi connectivity index (χ0) is 13.0. The van der Waals surface area contributed by atoms with E-state index in [1.54, 1.807) is 4.90 Å². The van der Waals surface area contributed by atoms with Crippen molar-refractivity contribution in [3.8, 4) is 0 Å². The lowest BCUT2D eigenvalue weighted by Gasteiger charge is -2.29. The van der Waals surface area contributed by atoms with E-state index in [9.17, 15) is 14.4 Å². The molecule has 2 atom stereocenters. The second kappa shape index (κ2) is 5.80. The first-order valence-electron chi connectivity index (χ1n) is 5.85. The molecule has 0 aromatic rings. The Balaban J connectivity index is 2.67. The summed E-state index contributed by atoms with van der Waals surface area (Å²) in [6.45, 7) is 3.39. The third-order valence-electron chi connectivity index (χ3n) is 3.12. The number of carbonyl (C=O) groups is 3. The van der Waals surface area contributed by atoms with Crippen molar-refractivity contribution in [3.05, 3.63) is 0 Å². The third-order valence-corrected chi connectivity index (χ3v) is 3.12. The smallest absolute Gasteiger partial charge is 0.328 e. The monoisotopic (exact) mass is 241 g/mol. The third kappa shape index (κ3) is 3.28. The Morgan fingerprint density at radius 2 is 2.18 bits per heavy atom. The molecule has 1 saturated heterocycles. The minimum atomic E-state index is -0.477. The minimum absolute atomic E-state index is 0.0311. The van der Waals surface area contributed by atoms with Gasteiger partial charge in [-0.2, -0.15) is 0 Å². The summed E-state index contributed by atoms with van der Waals surface area (Å²) >= 11 is 0. The summed E-state index contributed by atoms with van der Waals surface area (Å²) < 4.78 is 4.69. The molecule has 1 aliphatic rings. The Morgan fingerprint density at radius 1 is 1.53 bits per heavy atom. The Bertz CT molecular complexity index is 326. The van der Waals surface area contributed by atoms with E-state index in [0.29, 0.717) is 25.7 Å². The number of methoxy groups -OCH3 is 1. The van der Waals surface area contributed by atoms with Gasteiger partial charge in [0.25, 0.3) is 0 Å². The summed E-state index contributed by atoms with van der Waals surface area (Å²) in [5.74, 6) is -0.305. The van der Waals surface area contributed by atoms with Crippen molar-refractivity contribution in [3.63, 3.8) is 0 Å². The van der Waals surface area contributed by atoms with Gasteiger partial charge in [-0.1, -0.05) is 0 Å². The van der Waals surface area contributed by atoms with Gasteiger partial charge in [-0.25, -0.2) is 4.79 Å². The van der Waals surface area contributed by atoms with E-state index in [-0.39, 0.29) is 23.7 Å². The number of hydrogen-bond acceptors (Lipinski definition) is 4. The van der Waals surface area contributed by atoms with Crippen LogP contribution in [0.4, 0.5) is 0 Å². The van der Waals surface area contributed by atoms with E-state index in [0.717, 1.165) is 0 Å². The van der Waals surface area contributed by atoms with Crippen LogP contribution in [0.15, 0.2) is 0 Å². The van der Waals surface area contributed by atoms with Gasteiger partial charge in [0.15, 0.2) is 0 Å². The normalized spacial score (nSPS) is 21.5. The van der Waals surface area contributed by atoms with Crippen LogP contribution in [-0.2, 0) is 19.1 Å². The predicted molar refractivity (Wildman–Crippen MR) is 61.3 cm³/mol. The lowest BCUT2D eigenvalue weighted by molar-refractivity contribution is -0.150. The first kappa shape index (κ1) is 13.7. The molecule has 1 aliphatic heterocycles. The molecular weight excluding hydrogens is 222 g/mol. The number of Topliss-reactive ketones (excluding diaryl/α,β-unsaturated/α-hetero) is 1. The van der Waals surface area contributed by atoms with Crippen molar-refractivity contribution in [1.82, 2.24) is 4.90 Å². The molecule has 0 bridgehead atoms. The average molecular weight is 241 g/mol. The van der Waals surface area contributed by atoms with Crippen LogP contribution in [0.3, 0.4) is 0 Å². The topological polar surface area (TPSA) is 63.7 Å². The fourth-order valence-electron chi connectivity index (χ4n) is 2.17. The maximum atomic E-state index is 11.7. The molecule has 96 valence electrons. The van der Waals surface area contributed by atoms with E-state index >= 15 is 0 Å². The highest BCUT2D eigenvalue weighted by Gasteiger charge is 2.39. The largest absolute Gasteiger partial charge is 0.467 e. The Hall–Kier alpha value is -1.39. The zero-order valence-corrected chi connectivity index (χ0v) is 10.6. The summed E-state index contributed by atoms with van der Waals surface area (Å²) in [5.41, 5.74) is 0. The Kier molecular flexibility index (Phi) is 4.66. The lowest BCUT2D eigenvalue weighted by Crippen LogP contribution is -2.44. The van der Waals surface area contributed by atoms with Crippen LogP contribution >= 0.6 is 0 Å². The van der Waals surface area contributed by atoms with Gasteiger partial charge in [0.1, 0.15) is 11.8 Å². The number of carbonyl (C=O) groups excluding carboxylic acids is 3. The second-order valence-electron chi connectivity index (χ2n) is 4.47. The number of rotatable bonds is 5. The molecule has 0 radical (unpaired) electrons. The number of esters is 1. The van der Waals surface area contributed by atoms with Crippen molar-refractivity contribution in [2.45, 2.75) is 51.6 Å². The summed E-state index contributed by atoms with van der Waals surface area (Å²) in [4.78, 5) is 35.7. The molecule has 1 amide bonds. The summed E-state index contributed by atoms with van der Waals surface area (Å²) in [7, 11) is 1.32. The van der Waals surface area contributed by atoms with Crippen LogP contribution in [0, 0.1) is 0 Å². The van der Waals surface area contributed by atoms with Gasteiger partial charge in [-0.05, 0) is 26.7 Å². The standard InChI is InChI=1S/C12H19NO4/c1-8(4-5-9(2)14)13-10(12(16)17-3)6-7-11(13)15/h8,10H,4-7H2,1-3H3. The number of ketones is 1. The van der Waals surface area contributed by atoms with E-state index in [1.165, 1.54) is 14.0 Å². The zero-order valence-electron chi connectivity index (χ0n) is 10.6. The van der Waals surface area contributed by atoms with Crippen LogP contribution in [0.1, 0.15) is 39.5 Å². The molecule has 0 aromatic heterocycles. The highest BCUT2D eigenvalue weighted by atomic mass is 16.5. The van der Waals surface area contributed by atoms with Crippen LogP contribution in [-0.4, -0.2) is 41.8 Å². The molecular formula is C12H19NO4. The second-order valence-corrected chi connectivity index (χ2v) is 4.47. The molecule has 1 rings (SSSR count). The first-order valence-corrected chi connectivity index (χ1v) is 5.85. The van der Waals surface area contributed by atoms with E-state index in [4.69, 9.17) is 0 Å². The predicted octanol–water partition coefficient (Wildman–Crippen LogP) is 0.908. The van der Waals surface area contributed by atoms with Gasteiger partial charge in [-0.15, -0.1) is 0 Å². The first-order chi connectivity index (χ1) is 7.97. The van der Waals surface area contributed by atoms with Crippen molar-refractivity contribution in [2.75, 3.05) is 7.11 Å². The fraction of sp³-hybridized carbons (Fsp3) is 0.750. The van der Waals surface area contributed by atoms with Gasteiger partial charge in [0.2, 0.25) is 5.91 Å². The van der Waals surface area contributed by atoms with Gasteiger partial charge in [0.05, 0.1) is 7.11 Å². The fourth-order valence-corrected chi connectivity index (χ4v) is 2.17. The average Bonchev–Trinajstić information content (AvgIpc) is 2.67. The number of hydrogen-bond donors (Lipinski definition) is 0. The molecule has 0 N–H and O–H groups in total. The maximum absolute atomic E-state index is 11.7. The highest BCUT2D eigenvalue weighted by Crippen LogP contribution is 2.24. The van der Waals surface area contributed by atoms with E-state index in [2.05, 4.69) is 4.74 Å². The number of amides is 1. The Labute approximate surface area is 101 Å².